The van der Waals surface area contributed by atoms with Crippen molar-refractivity contribution in [3.63, 3.8) is 0 Å². The molecule has 0 amide bonds. The maximum Gasteiger partial charge on any atom is 0.316 e. The normalized spacial score (nSPS) is 33.3. The summed E-state index contributed by atoms with van der Waals surface area (Å²) in [4.78, 5) is 25.8. The van der Waals surface area contributed by atoms with Crippen molar-refractivity contribution < 1.29 is 14.3 Å². The van der Waals surface area contributed by atoms with Crippen molar-refractivity contribution >= 4 is 11.8 Å². The van der Waals surface area contributed by atoms with Crippen LogP contribution in [0.1, 0.15) is 19.8 Å². The predicted molar refractivity (Wildman–Crippen MR) is 63.4 cm³/mol. The molecule has 17 heavy (non-hydrogen) atoms. The number of ketones is 1. The third-order valence-electron chi connectivity index (χ3n) is 3.84. The van der Waals surface area contributed by atoms with E-state index in [2.05, 4.69) is 4.90 Å². The highest BCUT2D eigenvalue weighted by Gasteiger charge is 2.49. The van der Waals surface area contributed by atoms with Crippen LogP contribution in [0.25, 0.3) is 0 Å². The topological polar surface area (TPSA) is 46.6 Å². The van der Waals surface area contributed by atoms with Crippen molar-refractivity contribution in [2.45, 2.75) is 19.8 Å². The van der Waals surface area contributed by atoms with Crippen LogP contribution in [0.3, 0.4) is 0 Å². The quantitative estimate of drug-likeness (QED) is 0.673. The first-order valence-corrected chi connectivity index (χ1v) is 6.16. The van der Waals surface area contributed by atoms with Gasteiger partial charge in [0, 0.05) is 13.0 Å². The summed E-state index contributed by atoms with van der Waals surface area (Å²) in [5.74, 6) is 0.0184. The predicted octanol–water partition coefficient (Wildman–Crippen LogP) is 1.02. The minimum atomic E-state index is -0.559. The number of rotatable bonds is 2. The summed E-state index contributed by atoms with van der Waals surface area (Å²) < 4.78 is 5.19. The zero-order valence-electron chi connectivity index (χ0n) is 10.4. The van der Waals surface area contributed by atoms with E-state index in [-0.39, 0.29) is 17.7 Å². The Kier molecular flexibility index (Phi) is 3.33. The van der Waals surface area contributed by atoms with Gasteiger partial charge in [0.05, 0.1) is 12.0 Å². The van der Waals surface area contributed by atoms with Crippen molar-refractivity contribution in [2.75, 3.05) is 26.7 Å². The Labute approximate surface area is 102 Å². The third-order valence-corrected chi connectivity index (χ3v) is 3.84. The molecule has 2 rings (SSSR count). The van der Waals surface area contributed by atoms with Crippen LogP contribution in [-0.2, 0) is 14.3 Å². The molecule has 1 fully saturated rings. The number of carbonyl (C=O) groups is 2. The largest absolute Gasteiger partial charge is 0.465 e. The Morgan fingerprint density at radius 2 is 2.41 bits per heavy atom. The van der Waals surface area contributed by atoms with Gasteiger partial charge in [0.25, 0.3) is 0 Å². The number of nitrogens with zero attached hydrogens (tertiary/aromatic N) is 1. The van der Waals surface area contributed by atoms with E-state index in [4.69, 9.17) is 4.74 Å². The summed E-state index contributed by atoms with van der Waals surface area (Å²) in [6, 6.07) is 0. The molecule has 0 spiro atoms. The molecule has 0 aromatic carbocycles. The van der Waals surface area contributed by atoms with Gasteiger partial charge in [-0.3, -0.25) is 9.59 Å². The van der Waals surface area contributed by atoms with Crippen LogP contribution < -0.4 is 0 Å². The molecule has 4 heteroatoms. The molecular weight excluding hydrogens is 218 g/mol. The van der Waals surface area contributed by atoms with Crippen LogP contribution in [-0.4, -0.2) is 43.4 Å². The van der Waals surface area contributed by atoms with Crippen molar-refractivity contribution in [3.8, 4) is 0 Å². The first-order valence-electron chi connectivity index (χ1n) is 6.16. The number of carbonyl (C=O) groups excluding carboxylic acids is 2. The molecule has 0 saturated carbocycles. The molecule has 2 atom stereocenters. The highest BCUT2D eigenvalue weighted by atomic mass is 16.5. The molecule has 0 bridgehead atoms. The van der Waals surface area contributed by atoms with Crippen LogP contribution >= 0.6 is 0 Å². The third kappa shape index (κ3) is 2.14. The summed E-state index contributed by atoms with van der Waals surface area (Å²) in [5, 5.41) is 0. The van der Waals surface area contributed by atoms with Gasteiger partial charge in [0.1, 0.15) is 0 Å². The van der Waals surface area contributed by atoms with E-state index in [0.717, 1.165) is 19.5 Å². The second-order valence-electron chi connectivity index (χ2n) is 4.97. The first kappa shape index (κ1) is 12.3. The molecule has 4 nitrogen and oxygen atoms in total. The lowest BCUT2D eigenvalue weighted by Gasteiger charge is -2.44. The molecule has 1 saturated heterocycles. The van der Waals surface area contributed by atoms with Gasteiger partial charge in [-0.1, -0.05) is 6.08 Å². The number of piperidine rings is 1. The van der Waals surface area contributed by atoms with E-state index < -0.39 is 5.41 Å². The minimum Gasteiger partial charge on any atom is -0.465 e. The summed E-state index contributed by atoms with van der Waals surface area (Å²) >= 11 is 0. The van der Waals surface area contributed by atoms with Gasteiger partial charge in [0.2, 0.25) is 0 Å². The fraction of sp³-hybridized carbons (Fsp3) is 0.692. The molecule has 1 aliphatic heterocycles. The lowest BCUT2D eigenvalue weighted by atomic mass is 9.65. The zero-order chi connectivity index (χ0) is 12.5. The van der Waals surface area contributed by atoms with Crippen LogP contribution in [0, 0.1) is 11.3 Å². The highest BCUT2D eigenvalue weighted by Crippen LogP contribution is 2.43. The first-order chi connectivity index (χ1) is 8.08. The molecule has 0 N–H and O–H groups in total. The van der Waals surface area contributed by atoms with Crippen molar-refractivity contribution in [2.24, 2.45) is 11.3 Å². The minimum absolute atomic E-state index is 0.0674. The summed E-state index contributed by atoms with van der Waals surface area (Å²) in [7, 11) is 2.03. The Hall–Kier alpha value is -1.16. The van der Waals surface area contributed by atoms with Crippen molar-refractivity contribution in [3.05, 3.63) is 12.2 Å². The Morgan fingerprint density at radius 1 is 1.65 bits per heavy atom. The van der Waals surface area contributed by atoms with Crippen molar-refractivity contribution in [1.29, 1.82) is 0 Å². The maximum absolute atomic E-state index is 12.2. The number of allylic oxidation sites excluding steroid dienone is 1. The SMILES string of the molecule is CCOC(=O)[C@@]12C=CC(=O)C[C@@H]1CN(C)CC2. The van der Waals surface area contributed by atoms with Gasteiger partial charge in [-0.15, -0.1) is 0 Å². The number of hydrogen-bond acceptors (Lipinski definition) is 4. The second kappa shape index (κ2) is 4.61. The van der Waals surface area contributed by atoms with Gasteiger partial charge < -0.3 is 9.64 Å². The lowest BCUT2D eigenvalue weighted by molar-refractivity contribution is -0.159. The van der Waals surface area contributed by atoms with Gasteiger partial charge in [0.15, 0.2) is 5.78 Å². The van der Waals surface area contributed by atoms with E-state index in [0.29, 0.717) is 13.0 Å². The molecule has 1 heterocycles. The molecule has 0 radical (unpaired) electrons. The maximum atomic E-state index is 12.2. The molecule has 1 aliphatic carbocycles. The average molecular weight is 237 g/mol. The molecule has 94 valence electrons. The fourth-order valence-corrected chi connectivity index (χ4v) is 2.83. The lowest BCUT2D eigenvalue weighted by Crippen LogP contribution is -2.51. The van der Waals surface area contributed by atoms with Crippen molar-refractivity contribution in [1.82, 2.24) is 4.90 Å². The number of fused-ring (bicyclic) bond motifs is 1. The Bertz CT molecular complexity index is 364. The Morgan fingerprint density at radius 3 is 3.12 bits per heavy atom. The summed E-state index contributed by atoms with van der Waals surface area (Å²) in [5.41, 5.74) is -0.559. The smallest absolute Gasteiger partial charge is 0.316 e. The molecule has 0 unspecified atom stereocenters. The molecule has 2 aliphatic rings. The number of ether oxygens (including phenoxy) is 1. The van der Waals surface area contributed by atoms with E-state index in [1.807, 2.05) is 14.0 Å². The zero-order valence-corrected chi connectivity index (χ0v) is 10.4. The van der Waals surface area contributed by atoms with Gasteiger partial charge in [-0.25, -0.2) is 0 Å². The van der Waals surface area contributed by atoms with Crippen LogP contribution in [0.15, 0.2) is 12.2 Å². The fourth-order valence-electron chi connectivity index (χ4n) is 2.83. The van der Waals surface area contributed by atoms with E-state index in [1.54, 1.807) is 12.2 Å². The number of likely N-dealkylation sites (tertiary alicyclic amines) is 1. The van der Waals surface area contributed by atoms with Crippen LogP contribution in [0.5, 0.6) is 0 Å². The highest BCUT2D eigenvalue weighted by molar-refractivity contribution is 5.94. The standard InChI is InChI=1S/C13H19NO3/c1-3-17-12(16)13-5-4-11(15)8-10(13)9-14(2)7-6-13/h4-5,10H,3,6-9H2,1-2H3/t10-,13-/m1/s1. The summed E-state index contributed by atoms with van der Waals surface area (Å²) in [6.07, 6.45) is 4.55. The van der Waals surface area contributed by atoms with Gasteiger partial charge >= 0.3 is 5.97 Å². The van der Waals surface area contributed by atoms with Gasteiger partial charge in [-0.05, 0) is 38.9 Å². The van der Waals surface area contributed by atoms with E-state index in [9.17, 15) is 9.59 Å². The van der Waals surface area contributed by atoms with E-state index >= 15 is 0 Å². The number of esters is 1. The van der Waals surface area contributed by atoms with Crippen LogP contribution in [0.4, 0.5) is 0 Å². The molecule has 0 aromatic rings. The monoisotopic (exact) mass is 237 g/mol. The van der Waals surface area contributed by atoms with E-state index in [1.165, 1.54) is 0 Å². The second-order valence-corrected chi connectivity index (χ2v) is 4.97. The average Bonchev–Trinajstić information content (AvgIpc) is 2.29. The molecule has 0 aromatic heterocycles. The summed E-state index contributed by atoms with van der Waals surface area (Å²) in [6.45, 7) is 3.86. The van der Waals surface area contributed by atoms with Gasteiger partial charge in [-0.2, -0.15) is 0 Å². The Balaban J connectivity index is 2.29. The molecular formula is C13H19NO3. The number of hydrogen-bond donors (Lipinski definition) is 0. The van der Waals surface area contributed by atoms with Crippen LogP contribution in [0.2, 0.25) is 0 Å².